The average Bonchev–Trinajstić information content (AvgIpc) is 3.47. The minimum absolute atomic E-state index is 0.0861. The minimum Gasteiger partial charge on any atom is -0.324 e. The van der Waals surface area contributed by atoms with E-state index in [1.165, 1.54) is 29.2 Å². The molecule has 2 aromatic rings. The number of benzene rings is 2. The van der Waals surface area contributed by atoms with E-state index in [4.69, 9.17) is 0 Å². The number of nitrogens with one attached hydrogen (secondary N) is 1. The Hall–Kier alpha value is -3.55. The summed E-state index contributed by atoms with van der Waals surface area (Å²) in [6, 6.07) is 13.8. The van der Waals surface area contributed by atoms with E-state index >= 15 is 0 Å². The fourth-order valence-electron chi connectivity index (χ4n) is 5.77. The number of non-ortho nitro benzene ring substituents is 1. The van der Waals surface area contributed by atoms with Crippen LogP contribution in [0, 0.1) is 33.8 Å². The highest BCUT2D eigenvalue weighted by atomic mass is 16.6. The number of nitrogens with zero attached hydrogens (tertiary/aromatic N) is 2. The summed E-state index contributed by atoms with van der Waals surface area (Å²) in [6.07, 6.45) is 3.08. The fraction of sp³-hybridized carbons (Fsp3) is 0.375. The maximum atomic E-state index is 13.3. The van der Waals surface area contributed by atoms with Gasteiger partial charge in [0.1, 0.15) is 6.04 Å². The van der Waals surface area contributed by atoms with Crippen LogP contribution in [0.1, 0.15) is 24.8 Å². The molecule has 0 unspecified atom stereocenters. The first-order chi connectivity index (χ1) is 15.4. The van der Waals surface area contributed by atoms with Gasteiger partial charge in [-0.2, -0.15) is 0 Å². The topological polar surface area (TPSA) is 110 Å². The normalized spacial score (nSPS) is 26.8. The molecule has 2 bridgehead atoms. The number of nitro groups is 1. The average molecular weight is 433 g/mol. The van der Waals surface area contributed by atoms with E-state index in [2.05, 4.69) is 5.32 Å². The number of likely N-dealkylation sites (tertiary alicyclic amines) is 1. The number of hydrogen-bond acceptors (Lipinski definition) is 5. The summed E-state index contributed by atoms with van der Waals surface area (Å²) in [5.74, 6) is -1.06. The van der Waals surface area contributed by atoms with Crippen molar-refractivity contribution in [3.05, 3.63) is 70.3 Å². The van der Waals surface area contributed by atoms with E-state index in [0.717, 1.165) is 24.8 Å². The van der Waals surface area contributed by atoms with Crippen molar-refractivity contribution >= 4 is 29.1 Å². The number of carbonyl (C=O) groups is 3. The van der Waals surface area contributed by atoms with E-state index < -0.39 is 16.9 Å². The van der Waals surface area contributed by atoms with Gasteiger partial charge in [0.25, 0.3) is 5.69 Å². The van der Waals surface area contributed by atoms with Crippen LogP contribution in [-0.2, 0) is 20.8 Å². The van der Waals surface area contributed by atoms with Gasteiger partial charge in [-0.3, -0.25) is 29.4 Å². The number of anilines is 1. The summed E-state index contributed by atoms with van der Waals surface area (Å²) in [5.41, 5.74) is 1.13. The molecule has 3 fully saturated rings. The van der Waals surface area contributed by atoms with Crippen LogP contribution >= 0.6 is 0 Å². The number of rotatable bonds is 6. The molecule has 2 aliphatic carbocycles. The lowest BCUT2D eigenvalue weighted by Gasteiger charge is -2.27. The van der Waals surface area contributed by atoms with E-state index in [9.17, 15) is 24.5 Å². The Balaban J connectivity index is 1.43. The van der Waals surface area contributed by atoms with Gasteiger partial charge in [0, 0.05) is 24.2 Å². The molecule has 2 aromatic carbocycles. The van der Waals surface area contributed by atoms with Gasteiger partial charge in [0.05, 0.1) is 16.8 Å². The molecule has 3 aliphatic rings. The summed E-state index contributed by atoms with van der Waals surface area (Å²) < 4.78 is 0. The fourth-order valence-corrected chi connectivity index (χ4v) is 5.77. The minimum atomic E-state index is -0.974. The molecule has 32 heavy (non-hydrogen) atoms. The van der Waals surface area contributed by atoms with Crippen LogP contribution in [0.2, 0.25) is 0 Å². The van der Waals surface area contributed by atoms with Gasteiger partial charge >= 0.3 is 0 Å². The Morgan fingerprint density at radius 3 is 2.16 bits per heavy atom. The van der Waals surface area contributed by atoms with Crippen molar-refractivity contribution in [2.45, 2.75) is 31.7 Å². The van der Waals surface area contributed by atoms with Crippen LogP contribution in [0.3, 0.4) is 0 Å². The molecule has 8 heteroatoms. The Bertz CT molecular complexity index is 1060. The van der Waals surface area contributed by atoms with Crippen LogP contribution < -0.4 is 5.32 Å². The SMILES string of the molecule is O=C(Nc1ccc([N+](=O)[O-])cc1)[C@H](Cc1ccccc1)N1C(=O)[C@@H]2[C@H]3CC[C@@H](C3)[C@@H]2C1=O. The van der Waals surface area contributed by atoms with Crippen molar-refractivity contribution in [3.63, 3.8) is 0 Å². The molecule has 0 spiro atoms. The molecular formula is C24H23N3O5. The zero-order valence-corrected chi connectivity index (χ0v) is 17.3. The van der Waals surface area contributed by atoms with Crippen LogP contribution in [0.25, 0.3) is 0 Å². The first-order valence-electron chi connectivity index (χ1n) is 10.9. The monoisotopic (exact) mass is 433 g/mol. The number of nitro benzene ring substituents is 1. The third-order valence-electron chi connectivity index (χ3n) is 7.19. The largest absolute Gasteiger partial charge is 0.324 e. The Morgan fingerprint density at radius 1 is 1.00 bits per heavy atom. The molecule has 3 amide bonds. The summed E-state index contributed by atoms with van der Waals surface area (Å²) >= 11 is 0. The molecule has 5 atom stereocenters. The number of hydrogen-bond donors (Lipinski definition) is 1. The van der Waals surface area contributed by atoms with Crippen LogP contribution in [-0.4, -0.2) is 33.6 Å². The van der Waals surface area contributed by atoms with Crippen LogP contribution in [0.4, 0.5) is 11.4 Å². The first kappa shape index (κ1) is 20.4. The summed E-state index contributed by atoms with van der Waals surface area (Å²) in [5, 5.41) is 13.6. The summed E-state index contributed by atoms with van der Waals surface area (Å²) in [6.45, 7) is 0. The molecule has 1 saturated heterocycles. The van der Waals surface area contributed by atoms with Crippen molar-refractivity contribution < 1.29 is 19.3 Å². The smallest absolute Gasteiger partial charge is 0.269 e. The molecule has 0 aromatic heterocycles. The predicted molar refractivity (Wildman–Crippen MR) is 115 cm³/mol. The number of imide groups is 1. The van der Waals surface area contributed by atoms with Crippen LogP contribution in [0.5, 0.6) is 0 Å². The van der Waals surface area contributed by atoms with E-state index in [1.54, 1.807) is 0 Å². The quantitative estimate of drug-likeness (QED) is 0.427. The van der Waals surface area contributed by atoms with Gasteiger partial charge in [-0.05, 0) is 48.8 Å². The lowest BCUT2D eigenvalue weighted by molar-refractivity contribution is -0.384. The molecule has 0 radical (unpaired) electrons. The van der Waals surface area contributed by atoms with E-state index in [0.29, 0.717) is 5.69 Å². The zero-order chi connectivity index (χ0) is 22.4. The third-order valence-corrected chi connectivity index (χ3v) is 7.19. The molecule has 1 N–H and O–H groups in total. The maximum absolute atomic E-state index is 13.3. The summed E-state index contributed by atoms with van der Waals surface area (Å²) in [7, 11) is 0. The van der Waals surface area contributed by atoms with Gasteiger partial charge < -0.3 is 5.32 Å². The second-order valence-electron chi connectivity index (χ2n) is 8.93. The van der Waals surface area contributed by atoms with Crippen molar-refractivity contribution in [2.75, 3.05) is 5.32 Å². The van der Waals surface area contributed by atoms with Crippen molar-refractivity contribution in [3.8, 4) is 0 Å². The Kier molecular flexibility index (Phi) is 5.00. The molecule has 1 aliphatic heterocycles. The molecule has 2 saturated carbocycles. The van der Waals surface area contributed by atoms with Crippen LogP contribution in [0.15, 0.2) is 54.6 Å². The molecule has 8 nitrogen and oxygen atoms in total. The highest BCUT2D eigenvalue weighted by molar-refractivity contribution is 6.10. The van der Waals surface area contributed by atoms with Gasteiger partial charge in [-0.1, -0.05) is 30.3 Å². The second kappa shape index (κ2) is 7.85. The van der Waals surface area contributed by atoms with Crippen molar-refractivity contribution in [1.82, 2.24) is 4.90 Å². The summed E-state index contributed by atoms with van der Waals surface area (Å²) in [4.78, 5) is 51.6. The van der Waals surface area contributed by atoms with Crippen molar-refractivity contribution in [1.29, 1.82) is 0 Å². The Morgan fingerprint density at radius 2 is 1.59 bits per heavy atom. The van der Waals surface area contributed by atoms with Gasteiger partial charge in [-0.15, -0.1) is 0 Å². The van der Waals surface area contributed by atoms with E-state index in [-0.39, 0.29) is 47.6 Å². The number of fused-ring (bicyclic) bond motifs is 5. The highest BCUT2D eigenvalue weighted by Crippen LogP contribution is 2.56. The van der Waals surface area contributed by atoms with Gasteiger partial charge in [0.2, 0.25) is 17.7 Å². The molecule has 164 valence electrons. The standard InChI is InChI=1S/C24H23N3O5/c28-22(25-17-8-10-18(11-9-17)27(31)32)19(12-14-4-2-1-3-5-14)26-23(29)20-15-6-7-16(13-15)21(20)24(26)30/h1-5,8-11,15-16,19-21H,6-7,12-13H2,(H,25,28)/t15-,16-,19-,20-,21+/m0/s1. The number of carbonyl (C=O) groups excluding carboxylic acids is 3. The highest BCUT2D eigenvalue weighted by Gasteiger charge is 2.62. The lowest BCUT2D eigenvalue weighted by atomic mass is 9.81. The first-order valence-corrected chi connectivity index (χ1v) is 10.9. The van der Waals surface area contributed by atoms with Gasteiger partial charge in [0.15, 0.2) is 0 Å². The van der Waals surface area contributed by atoms with E-state index in [1.807, 2.05) is 30.3 Å². The molecular weight excluding hydrogens is 410 g/mol. The third kappa shape index (κ3) is 3.36. The zero-order valence-electron chi connectivity index (χ0n) is 17.3. The van der Waals surface area contributed by atoms with Gasteiger partial charge in [-0.25, -0.2) is 0 Å². The second-order valence-corrected chi connectivity index (χ2v) is 8.93. The Labute approximate surface area is 184 Å². The predicted octanol–water partition coefficient (Wildman–Crippen LogP) is 3.18. The maximum Gasteiger partial charge on any atom is 0.269 e. The molecule has 1 heterocycles. The molecule has 5 rings (SSSR count). The lowest BCUT2D eigenvalue weighted by Crippen LogP contribution is -2.49. The van der Waals surface area contributed by atoms with Crippen molar-refractivity contribution in [2.24, 2.45) is 23.7 Å². The number of amides is 3.